The van der Waals surface area contributed by atoms with E-state index in [9.17, 15) is 4.79 Å². The molecule has 4 heteroatoms. The van der Waals surface area contributed by atoms with Gasteiger partial charge in [0.1, 0.15) is 0 Å². The number of carboxylic acids is 1. The molecular weight excluding hydrogens is 223 g/mol. The molecule has 0 amide bonds. The molecule has 14 heavy (non-hydrogen) atoms. The summed E-state index contributed by atoms with van der Waals surface area (Å²) in [5.41, 5.74) is 1.47. The number of aliphatic carboxylic acids is 1. The van der Waals surface area contributed by atoms with Gasteiger partial charge in [-0.15, -0.1) is 0 Å². The van der Waals surface area contributed by atoms with Gasteiger partial charge in [-0.1, -0.05) is 23.2 Å². The lowest BCUT2D eigenvalue weighted by Crippen LogP contribution is -1.87. The van der Waals surface area contributed by atoms with Crippen LogP contribution in [0.15, 0.2) is 18.2 Å². The van der Waals surface area contributed by atoms with Gasteiger partial charge in [-0.3, -0.25) is 0 Å². The largest absolute Gasteiger partial charge is 0.478 e. The van der Waals surface area contributed by atoms with Crippen molar-refractivity contribution >= 4 is 35.2 Å². The molecule has 0 radical (unpaired) electrons. The Morgan fingerprint density at radius 2 is 2.00 bits per heavy atom. The van der Waals surface area contributed by atoms with E-state index in [0.29, 0.717) is 15.6 Å². The zero-order valence-electron chi connectivity index (χ0n) is 7.42. The third-order valence-corrected chi connectivity index (χ3v) is 2.42. The van der Waals surface area contributed by atoms with E-state index >= 15 is 0 Å². The molecule has 1 aromatic carbocycles. The molecule has 0 spiro atoms. The zero-order chi connectivity index (χ0) is 10.7. The van der Waals surface area contributed by atoms with E-state index in [1.54, 1.807) is 12.1 Å². The molecule has 0 aliphatic heterocycles. The Balaban J connectivity index is 3.10. The summed E-state index contributed by atoms with van der Waals surface area (Å²) < 4.78 is 0. The van der Waals surface area contributed by atoms with Crippen LogP contribution in [0.4, 0.5) is 0 Å². The normalized spacial score (nSPS) is 10.8. The molecule has 0 aliphatic carbocycles. The van der Waals surface area contributed by atoms with E-state index in [4.69, 9.17) is 28.3 Å². The molecule has 0 bridgehead atoms. The quantitative estimate of drug-likeness (QED) is 0.792. The fraction of sp³-hybridized carbons (Fsp3) is 0.100. The summed E-state index contributed by atoms with van der Waals surface area (Å²) in [6, 6.07) is 3.34. The smallest absolute Gasteiger partial charge is 0.328 e. The molecule has 0 saturated carbocycles. The van der Waals surface area contributed by atoms with Crippen molar-refractivity contribution in [1.82, 2.24) is 0 Å². The summed E-state index contributed by atoms with van der Waals surface area (Å²) in [4.78, 5) is 10.3. The SMILES string of the molecule is Cc1cc(Cl)c(C=CC(=O)O)cc1Cl. The number of carboxylic acid groups (broad SMARTS) is 1. The number of benzene rings is 1. The predicted octanol–water partition coefficient (Wildman–Crippen LogP) is 3.40. The Labute approximate surface area is 91.8 Å². The number of rotatable bonds is 2. The summed E-state index contributed by atoms with van der Waals surface area (Å²) in [5, 5.41) is 9.49. The molecule has 0 fully saturated rings. The van der Waals surface area contributed by atoms with Gasteiger partial charge < -0.3 is 5.11 Å². The number of aryl methyl sites for hydroxylation is 1. The van der Waals surface area contributed by atoms with Gasteiger partial charge in [-0.2, -0.15) is 0 Å². The second kappa shape index (κ2) is 4.49. The van der Waals surface area contributed by atoms with Crippen LogP contribution < -0.4 is 0 Å². The second-order valence-electron chi connectivity index (χ2n) is 2.79. The molecule has 0 saturated heterocycles. The zero-order valence-corrected chi connectivity index (χ0v) is 8.93. The third kappa shape index (κ3) is 2.76. The molecule has 0 aromatic heterocycles. The van der Waals surface area contributed by atoms with Crippen molar-refractivity contribution in [3.05, 3.63) is 39.4 Å². The second-order valence-corrected chi connectivity index (χ2v) is 3.61. The van der Waals surface area contributed by atoms with E-state index in [0.717, 1.165) is 11.6 Å². The highest BCUT2D eigenvalue weighted by Gasteiger charge is 2.02. The van der Waals surface area contributed by atoms with Gasteiger partial charge in [0.15, 0.2) is 0 Å². The minimum Gasteiger partial charge on any atom is -0.478 e. The molecular formula is C10H8Cl2O2. The lowest BCUT2D eigenvalue weighted by molar-refractivity contribution is -0.131. The van der Waals surface area contributed by atoms with Crippen LogP contribution in [0.2, 0.25) is 10.0 Å². The highest BCUT2D eigenvalue weighted by molar-refractivity contribution is 6.34. The van der Waals surface area contributed by atoms with Crippen molar-refractivity contribution in [2.75, 3.05) is 0 Å². The first kappa shape index (κ1) is 11.1. The maximum Gasteiger partial charge on any atom is 0.328 e. The predicted molar refractivity (Wildman–Crippen MR) is 57.9 cm³/mol. The Morgan fingerprint density at radius 1 is 1.36 bits per heavy atom. The Bertz CT molecular complexity index is 397. The average molecular weight is 231 g/mol. The first-order valence-electron chi connectivity index (χ1n) is 3.87. The van der Waals surface area contributed by atoms with Gasteiger partial charge in [0.2, 0.25) is 0 Å². The number of hydrogen-bond donors (Lipinski definition) is 1. The van der Waals surface area contributed by atoms with Gasteiger partial charge in [0, 0.05) is 16.1 Å². The van der Waals surface area contributed by atoms with Crippen LogP contribution in [0.25, 0.3) is 6.08 Å². The topological polar surface area (TPSA) is 37.3 Å². The Kier molecular flexibility index (Phi) is 3.55. The molecule has 0 atom stereocenters. The minimum atomic E-state index is -1.02. The van der Waals surface area contributed by atoms with Crippen molar-refractivity contribution in [2.45, 2.75) is 6.92 Å². The van der Waals surface area contributed by atoms with Crippen molar-refractivity contribution in [3.8, 4) is 0 Å². The van der Waals surface area contributed by atoms with Crippen molar-refractivity contribution in [2.24, 2.45) is 0 Å². The summed E-state index contributed by atoms with van der Waals surface area (Å²) >= 11 is 11.7. The fourth-order valence-electron chi connectivity index (χ4n) is 0.950. The first-order chi connectivity index (χ1) is 6.50. The van der Waals surface area contributed by atoms with Crippen LogP contribution >= 0.6 is 23.2 Å². The number of halogens is 2. The first-order valence-corrected chi connectivity index (χ1v) is 4.63. The maximum atomic E-state index is 10.3. The lowest BCUT2D eigenvalue weighted by atomic mass is 10.1. The molecule has 0 aliphatic rings. The van der Waals surface area contributed by atoms with Crippen LogP contribution in [0.3, 0.4) is 0 Å². The van der Waals surface area contributed by atoms with E-state index in [1.807, 2.05) is 6.92 Å². The van der Waals surface area contributed by atoms with Crippen molar-refractivity contribution < 1.29 is 9.90 Å². The Morgan fingerprint density at radius 3 is 2.57 bits per heavy atom. The van der Waals surface area contributed by atoms with Crippen molar-refractivity contribution in [3.63, 3.8) is 0 Å². The minimum absolute atomic E-state index is 0.490. The lowest BCUT2D eigenvalue weighted by Gasteiger charge is -2.02. The van der Waals surface area contributed by atoms with Crippen LogP contribution in [-0.2, 0) is 4.79 Å². The van der Waals surface area contributed by atoms with Crippen LogP contribution in [0.1, 0.15) is 11.1 Å². The fourth-order valence-corrected chi connectivity index (χ4v) is 1.40. The van der Waals surface area contributed by atoms with Crippen LogP contribution in [-0.4, -0.2) is 11.1 Å². The average Bonchev–Trinajstić information content (AvgIpc) is 2.09. The van der Waals surface area contributed by atoms with Gasteiger partial charge >= 0.3 is 5.97 Å². The highest BCUT2D eigenvalue weighted by atomic mass is 35.5. The molecule has 0 unspecified atom stereocenters. The summed E-state index contributed by atoms with van der Waals surface area (Å²) in [6.07, 6.45) is 2.43. The third-order valence-electron chi connectivity index (χ3n) is 1.68. The van der Waals surface area contributed by atoms with Gasteiger partial charge in [-0.05, 0) is 36.3 Å². The molecule has 1 rings (SSSR count). The van der Waals surface area contributed by atoms with Gasteiger partial charge in [-0.25, -0.2) is 4.79 Å². The molecule has 0 heterocycles. The summed E-state index contributed by atoms with van der Waals surface area (Å²) in [5.74, 6) is -1.02. The van der Waals surface area contributed by atoms with E-state index in [-0.39, 0.29) is 0 Å². The van der Waals surface area contributed by atoms with E-state index in [1.165, 1.54) is 6.08 Å². The number of carbonyl (C=O) groups is 1. The number of hydrogen-bond acceptors (Lipinski definition) is 1. The standard InChI is InChI=1S/C10H8Cl2O2/c1-6-4-9(12)7(5-8(6)11)2-3-10(13)14/h2-5H,1H3,(H,13,14). The van der Waals surface area contributed by atoms with Gasteiger partial charge in [0.05, 0.1) is 0 Å². The summed E-state index contributed by atoms with van der Waals surface area (Å²) in [7, 11) is 0. The van der Waals surface area contributed by atoms with Crippen molar-refractivity contribution in [1.29, 1.82) is 0 Å². The van der Waals surface area contributed by atoms with Gasteiger partial charge in [0.25, 0.3) is 0 Å². The summed E-state index contributed by atoms with van der Waals surface area (Å²) in [6.45, 7) is 1.83. The molecule has 1 N–H and O–H groups in total. The molecule has 74 valence electrons. The Hall–Kier alpha value is -0.990. The highest BCUT2D eigenvalue weighted by Crippen LogP contribution is 2.25. The maximum absolute atomic E-state index is 10.3. The van der Waals surface area contributed by atoms with Crippen LogP contribution in [0.5, 0.6) is 0 Å². The molecule has 1 aromatic rings. The monoisotopic (exact) mass is 230 g/mol. The van der Waals surface area contributed by atoms with E-state index in [2.05, 4.69) is 0 Å². The van der Waals surface area contributed by atoms with Crippen LogP contribution in [0, 0.1) is 6.92 Å². The van der Waals surface area contributed by atoms with E-state index < -0.39 is 5.97 Å². The molecule has 2 nitrogen and oxygen atoms in total.